The molecule has 0 aliphatic rings. The molecule has 0 radical (unpaired) electrons. The third-order valence-electron chi connectivity index (χ3n) is 2.96. The van der Waals surface area contributed by atoms with Gasteiger partial charge in [-0.2, -0.15) is 0 Å². The molecule has 0 aliphatic carbocycles. The van der Waals surface area contributed by atoms with E-state index in [4.69, 9.17) is 5.73 Å². The molecule has 0 saturated carbocycles. The zero-order chi connectivity index (χ0) is 14.0. The lowest BCUT2D eigenvalue weighted by atomic mass is 9.91. The van der Waals surface area contributed by atoms with Gasteiger partial charge in [-0.3, -0.25) is 0 Å². The molecule has 6 heteroatoms. The van der Waals surface area contributed by atoms with Gasteiger partial charge in [0.25, 0.3) is 0 Å². The number of hydrogen-bond donors (Lipinski definition) is 2. The van der Waals surface area contributed by atoms with Crippen LogP contribution in [-0.2, 0) is 10.0 Å². The van der Waals surface area contributed by atoms with Crippen LogP contribution < -0.4 is 10.5 Å². The fourth-order valence-electron chi connectivity index (χ4n) is 1.30. The summed E-state index contributed by atoms with van der Waals surface area (Å²) in [5.41, 5.74) is 5.25. The van der Waals surface area contributed by atoms with E-state index in [0.29, 0.717) is 0 Å². The van der Waals surface area contributed by atoms with Gasteiger partial charge in [-0.25, -0.2) is 17.5 Å². The van der Waals surface area contributed by atoms with Crippen LogP contribution in [0.3, 0.4) is 0 Å². The average Bonchev–Trinajstić information content (AvgIpc) is 2.26. The Balaban J connectivity index is 3.01. The number of hydrogen-bond acceptors (Lipinski definition) is 3. The van der Waals surface area contributed by atoms with Crippen molar-refractivity contribution in [2.24, 2.45) is 5.41 Å². The van der Waals surface area contributed by atoms with Crippen LogP contribution in [0.25, 0.3) is 0 Å². The maximum Gasteiger partial charge on any atom is 0.245 e. The third-order valence-corrected chi connectivity index (χ3v) is 4.46. The first-order chi connectivity index (χ1) is 8.19. The van der Waals surface area contributed by atoms with Gasteiger partial charge >= 0.3 is 0 Å². The molecule has 102 valence electrons. The Labute approximate surface area is 107 Å². The van der Waals surface area contributed by atoms with E-state index in [1.807, 2.05) is 20.8 Å². The summed E-state index contributed by atoms with van der Waals surface area (Å²) in [7, 11) is -3.91. The summed E-state index contributed by atoms with van der Waals surface area (Å²) in [5.74, 6) is -0.836. The molecule has 0 unspecified atom stereocenters. The number of nitrogen functional groups attached to an aromatic ring is 1. The molecular weight excluding hydrogens is 255 g/mol. The Kier molecular flexibility index (Phi) is 4.34. The Bertz CT molecular complexity index is 507. The fourth-order valence-corrected chi connectivity index (χ4v) is 2.72. The van der Waals surface area contributed by atoms with E-state index in [-0.39, 0.29) is 17.6 Å². The van der Waals surface area contributed by atoms with Crippen molar-refractivity contribution in [2.45, 2.75) is 32.1 Å². The van der Waals surface area contributed by atoms with Crippen molar-refractivity contribution in [1.82, 2.24) is 4.72 Å². The molecule has 0 aliphatic heterocycles. The lowest BCUT2D eigenvalue weighted by Gasteiger charge is -2.23. The average molecular weight is 274 g/mol. The summed E-state index contributed by atoms with van der Waals surface area (Å²) in [5, 5.41) is 0. The Morgan fingerprint density at radius 3 is 2.50 bits per heavy atom. The molecule has 0 saturated heterocycles. The third kappa shape index (κ3) is 3.43. The van der Waals surface area contributed by atoms with Crippen LogP contribution in [0.15, 0.2) is 23.1 Å². The maximum absolute atomic E-state index is 13.5. The molecule has 0 spiro atoms. The molecule has 1 aromatic rings. The molecule has 0 heterocycles. The van der Waals surface area contributed by atoms with Gasteiger partial charge in [-0.1, -0.05) is 26.8 Å². The zero-order valence-electron chi connectivity index (χ0n) is 10.8. The van der Waals surface area contributed by atoms with E-state index in [1.54, 1.807) is 0 Å². The molecule has 4 nitrogen and oxygen atoms in total. The van der Waals surface area contributed by atoms with Gasteiger partial charge < -0.3 is 5.73 Å². The summed E-state index contributed by atoms with van der Waals surface area (Å²) in [4.78, 5) is -0.475. The minimum atomic E-state index is -3.91. The highest BCUT2D eigenvalue weighted by Crippen LogP contribution is 2.23. The molecule has 0 bridgehead atoms. The van der Waals surface area contributed by atoms with E-state index in [2.05, 4.69) is 4.72 Å². The molecule has 1 aromatic carbocycles. The largest absolute Gasteiger partial charge is 0.398 e. The molecule has 0 fully saturated rings. The second-order valence-electron chi connectivity index (χ2n) is 5.00. The first-order valence-corrected chi connectivity index (χ1v) is 7.21. The van der Waals surface area contributed by atoms with Gasteiger partial charge in [0, 0.05) is 6.54 Å². The Morgan fingerprint density at radius 2 is 2.00 bits per heavy atom. The lowest BCUT2D eigenvalue weighted by molar-refractivity contribution is 0.350. The predicted octanol–water partition coefficient (Wildman–Crippen LogP) is 2.12. The SMILES string of the molecule is CCC(C)(C)CNS(=O)(=O)c1c(N)cccc1F. The van der Waals surface area contributed by atoms with Gasteiger partial charge in [0.05, 0.1) is 5.69 Å². The highest BCUT2D eigenvalue weighted by molar-refractivity contribution is 7.89. The van der Waals surface area contributed by atoms with Crippen LogP contribution >= 0.6 is 0 Å². The summed E-state index contributed by atoms with van der Waals surface area (Å²) >= 11 is 0. The number of halogens is 1. The number of anilines is 1. The van der Waals surface area contributed by atoms with Crippen LogP contribution in [-0.4, -0.2) is 15.0 Å². The standard InChI is InChI=1S/C12H19FN2O2S/c1-4-12(2,3)8-15-18(16,17)11-9(13)6-5-7-10(11)14/h5-7,15H,4,8,14H2,1-3H3. The van der Waals surface area contributed by atoms with Crippen molar-refractivity contribution in [2.75, 3.05) is 12.3 Å². The normalized spacial score (nSPS) is 12.7. The highest BCUT2D eigenvalue weighted by atomic mass is 32.2. The predicted molar refractivity (Wildman–Crippen MR) is 70.1 cm³/mol. The minimum Gasteiger partial charge on any atom is -0.398 e. The summed E-state index contributed by atoms with van der Waals surface area (Å²) in [6.07, 6.45) is 0.808. The van der Waals surface area contributed by atoms with Crippen LogP contribution in [0, 0.1) is 11.2 Å². The smallest absolute Gasteiger partial charge is 0.245 e. The molecule has 0 amide bonds. The van der Waals surface area contributed by atoms with Crippen molar-refractivity contribution >= 4 is 15.7 Å². The minimum absolute atomic E-state index is 0.0863. The Hall–Kier alpha value is -1.14. The number of nitrogens with one attached hydrogen (secondary N) is 1. The molecule has 3 N–H and O–H groups in total. The van der Waals surface area contributed by atoms with Gasteiger partial charge in [0.15, 0.2) is 0 Å². The van der Waals surface area contributed by atoms with E-state index >= 15 is 0 Å². The van der Waals surface area contributed by atoms with E-state index < -0.39 is 20.7 Å². The fraction of sp³-hybridized carbons (Fsp3) is 0.500. The number of benzene rings is 1. The highest BCUT2D eigenvalue weighted by Gasteiger charge is 2.25. The lowest BCUT2D eigenvalue weighted by Crippen LogP contribution is -2.34. The van der Waals surface area contributed by atoms with Crippen molar-refractivity contribution < 1.29 is 12.8 Å². The zero-order valence-corrected chi connectivity index (χ0v) is 11.6. The van der Waals surface area contributed by atoms with Gasteiger partial charge in [0.1, 0.15) is 10.7 Å². The molecule has 18 heavy (non-hydrogen) atoms. The van der Waals surface area contributed by atoms with Crippen molar-refractivity contribution in [3.63, 3.8) is 0 Å². The summed E-state index contributed by atoms with van der Waals surface area (Å²) in [6, 6.07) is 3.82. The second-order valence-corrected chi connectivity index (χ2v) is 6.70. The molecular formula is C12H19FN2O2S. The quantitative estimate of drug-likeness (QED) is 0.808. The topological polar surface area (TPSA) is 72.2 Å². The van der Waals surface area contributed by atoms with E-state index in [9.17, 15) is 12.8 Å². The van der Waals surface area contributed by atoms with Crippen LogP contribution in [0.1, 0.15) is 27.2 Å². The molecule has 0 atom stereocenters. The van der Waals surface area contributed by atoms with Crippen LogP contribution in [0.5, 0.6) is 0 Å². The second kappa shape index (κ2) is 5.24. The van der Waals surface area contributed by atoms with E-state index in [0.717, 1.165) is 12.5 Å². The number of rotatable bonds is 5. The number of sulfonamides is 1. The van der Waals surface area contributed by atoms with Gasteiger partial charge in [-0.15, -0.1) is 0 Å². The molecule has 1 rings (SSSR count). The Morgan fingerprint density at radius 1 is 1.39 bits per heavy atom. The number of nitrogens with two attached hydrogens (primary N) is 1. The van der Waals surface area contributed by atoms with Crippen molar-refractivity contribution in [1.29, 1.82) is 0 Å². The first kappa shape index (κ1) is 14.9. The first-order valence-electron chi connectivity index (χ1n) is 5.73. The van der Waals surface area contributed by atoms with Crippen LogP contribution in [0.4, 0.5) is 10.1 Å². The summed E-state index contributed by atoms with van der Waals surface area (Å²) in [6.45, 7) is 6.06. The monoisotopic (exact) mass is 274 g/mol. The van der Waals surface area contributed by atoms with Gasteiger partial charge in [-0.05, 0) is 24.0 Å². The van der Waals surface area contributed by atoms with Crippen LogP contribution in [0.2, 0.25) is 0 Å². The van der Waals surface area contributed by atoms with Gasteiger partial charge in [0.2, 0.25) is 10.0 Å². The maximum atomic E-state index is 13.5. The molecule has 0 aromatic heterocycles. The van der Waals surface area contributed by atoms with Crippen molar-refractivity contribution in [3.8, 4) is 0 Å². The van der Waals surface area contributed by atoms with Crippen molar-refractivity contribution in [3.05, 3.63) is 24.0 Å². The summed E-state index contributed by atoms with van der Waals surface area (Å²) < 4.78 is 40.0. The van der Waals surface area contributed by atoms with E-state index in [1.165, 1.54) is 12.1 Å².